The highest BCUT2D eigenvalue weighted by Gasteiger charge is 2.16. The van der Waals surface area contributed by atoms with Gasteiger partial charge in [-0.3, -0.25) is 14.4 Å². The Morgan fingerprint density at radius 3 is 1.35 bits per heavy atom. The van der Waals surface area contributed by atoms with Crippen LogP contribution in [0.2, 0.25) is 0 Å². The molecule has 4 nitrogen and oxygen atoms in total. The van der Waals surface area contributed by atoms with Crippen molar-refractivity contribution in [3.05, 3.63) is 137 Å². The number of hydrogen-bond acceptors (Lipinski definition) is 4. The van der Waals surface area contributed by atoms with Crippen LogP contribution in [-0.2, 0) is 5.41 Å². The number of ether oxygens (including phenoxy) is 1. The fraction of sp³-hybridized carbons (Fsp3) is 0.182. The number of benzene rings is 4. The molecule has 0 amide bonds. The van der Waals surface area contributed by atoms with E-state index in [9.17, 15) is 14.4 Å². The lowest BCUT2D eigenvalue weighted by Gasteiger charge is -2.18. The monoisotopic (exact) mass is 492 g/mol. The molecular formula is C33H32O4. The van der Waals surface area contributed by atoms with Gasteiger partial charge >= 0.3 is 0 Å². The van der Waals surface area contributed by atoms with Crippen molar-refractivity contribution in [1.82, 2.24) is 0 Å². The highest BCUT2D eigenvalue weighted by molar-refractivity contribution is 6.13. The fourth-order valence-corrected chi connectivity index (χ4v) is 3.63. The molecule has 0 aromatic heterocycles. The van der Waals surface area contributed by atoms with Gasteiger partial charge in [-0.15, -0.1) is 0 Å². The summed E-state index contributed by atoms with van der Waals surface area (Å²) >= 11 is 0. The molecule has 0 saturated heterocycles. The van der Waals surface area contributed by atoms with Crippen LogP contribution in [-0.4, -0.2) is 24.5 Å². The maximum absolute atomic E-state index is 12.3. The molecule has 0 unspecified atom stereocenters. The smallest absolute Gasteiger partial charge is 0.193 e. The van der Waals surface area contributed by atoms with Crippen LogP contribution in [0.15, 0.2) is 109 Å². The highest BCUT2D eigenvalue weighted by atomic mass is 16.5. The number of Topliss-reactive ketones (excluding diaryl/α,β-unsaturated/α-hetero) is 2. The van der Waals surface area contributed by atoms with Crippen molar-refractivity contribution in [1.29, 1.82) is 0 Å². The molecule has 4 rings (SSSR count). The minimum absolute atomic E-state index is 0.0422. The Bertz CT molecular complexity index is 1270. The minimum atomic E-state index is -0.183. The molecule has 37 heavy (non-hydrogen) atoms. The molecule has 0 saturated carbocycles. The van der Waals surface area contributed by atoms with Crippen molar-refractivity contribution in [3.8, 4) is 5.75 Å². The first kappa shape index (κ1) is 27.3. The zero-order valence-corrected chi connectivity index (χ0v) is 21.7. The van der Waals surface area contributed by atoms with Gasteiger partial charge in [-0.2, -0.15) is 0 Å². The molecule has 0 N–H and O–H groups in total. The molecule has 0 aliphatic heterocycles. The van der Waals surface area contributed by atoms with Crippen molar-refractivity contribution in [2.24, 2.45) is 0 Å². The van der Waals surface area contributed by atoms with Crippen molar-refractivity contribution >= 4 is 17.3 Å². The molecule has 0 aliphatic carbocycles. The van der Waals surface area contributed by atoms with E-state index in [1.165, 1.54) is 0 Å². The predicted molar refractivity (Wildman–Crippen MR) is 148 cm³/mol. The third-order valence-electron chi connectivity index (χ3n) is 5.88. The van der Waals surface area contributed by atoms with Gasteiger partial charge in [0.15, 0.2) is 17.3 Å². The molecule has 0 atom stereocenters. The normalized spacial score (nSPS) is 10.6. The molecule has 0 bridgehead atoms. The summed E-state index contributed by atoms with van der Waals surface area (Å²) in [5, 5.41) is 0. The van der Waals surface area contributed by atoms with Crippen LogP contribution in [0.4, 0.5) is 0 Å². The van der Waals surface area contributed by atoms with E-state index in [0.29, 0.717) is 16.9 Å². The Morgan fingerprint density at radius 2 is 0.973 bits per heavy atom. The van der Waals surface area contributed by atoms with Crippen LogP contribution >= 0.6 is 0 Å². The lowest BCUT2D eigenvalue weighted by Crippen LogP contribution is -2.12. The molecule has 0 fully saturated rings. The lowest BCUT2D eigenvalue weighted by molar-refractivity contribution is 0.0893. The van der Waals surface area contributed by atoms with Gasteiger partial charge in [0.1, 0.15) is 5.75 Å². The van der Waals surface area contributed by atoms with Gasteiger partial charge < -0.3 is 4.74 Å². The van der Waals surface area contributed by atoms with Crippen LogP contribution in [0.5, 0.6) is 5.75 Å². The van der Waals surface area contributed by atoms with Gasteiger partial charge in [0.25, 0.3) is 0 Å². The Balaban J connectivity index is 0.000000231. The number of carbonyl (C=O) groups is 3. The molecule has 0 aliphatic rings. The summed E-state index contributed by atoms with van der Waals surface area (Å²) in [6, 6.07) is 32.9. The highest BCUT2D eigenvalue weighted by Crippen LogP contribution is 2.23. The van der Waals surface area contributed by atoms with E-state index in [-0.39, 0.29) is 29.2 Å². The van der Waals surface area contributed by atoms with E-state index in [2.05, 4.69) is 20.8 Å². The first-order chi connectivity index (χ1) is 17.7. The number of rotatable bonds is 7. The average molecular weight is 493 g/mol. The summed E-state index contributed by atoms with van der Waals surface area (Å²) in [7, 11) is 1.57. The molecule has 0 radical (unpaired) electrons. The zero-order valence-electron chi connectivity index (χ0n) is 21.7. The summed E-state index contributed by atoms with van der Waals surface area (Å²) in [4.78, 5) is 36.3. The van der Waals surface area contributed by atoms with Gasteiger partial charge in [-0.1, -0.05) is 106 Å². The maximum atomic E-state index is 12.3. The quantitative estimate of drug-likeness (QED) is 0.200. The van der Waals surface area contributed by atoms with E-state index >= 15 is 0 Å². The van der Waals surface area contributed by atoms with Gasteiger partial charge in [0.05, 0.1) is 13.5 Å². The summed E-state index contributed by atoms with van der Waals surface area (Å²) < 4.78 is 5.06. The fourth-order valence-electron chi connectivity index (χ4n) is 3.63. The second kappa shape index (κ2) is 12.6. The van der Waals surface area contributed by atoms with E-state index in [4.69, 9.17) is 4.74 Å². The Hall–Kier alpha value is -4.31. The zero-order chi connectivity index (χ0) is 26.8. The number of ketones is 3. The van der Waals surface area contributed by atoms with E-state index in [1.807, 2.05) is 72.8 Å². The van der Waals surface area contributed by atoms with E-state index in [1.54, 1.807) is 43.5 Å². The second-order valence-corrected chi connectivity index (χ2v) is 9.64. The summed E-state index contributed by atoms with van der Waals surface area (Å²) in [6.07, 6.45) is -0.124. The van der Waals surface area contributed by atoms with Crippen molar-refractivity contribution in [2.75, 3.05) is 7.11 Å². The van der Waals surface area contributed by atoms with E-state index < -0.39 is 0 Å². The van der Waals surface area contributed by atoms with Gasteiger partial charge in [-0.05, 0) is 35.2 Å². The molecule has 0 spiro atoms. The predicted octanol–water partition coefficient (Wildman–Crippen LogP) is 7.37. The van der Waals surface area contributed by atoms with Gasteiger partial charge in [0.2, 0.25) is 0 Å². The van der Waals surface area contributed by atoms with E-state index in [0.717, 1.165) is 16.7 Å². The van der Waals surface area contributed by atoms with Crippen molar-refractivity contribution in [2.45, 2.75) is 32.6 Å². The molecule has 4 heteroatoms. The summed E-state index contributed by atoms with van der Waals surface area (Å²) in [5.41, 5.74) is 3.76. The second-order valence-electron chi connectivity index (χ2n) is 9.64. The first-order valence-corrected chi connectivity index (χ1v) is 12.1. The van der Waals surface area contributed by atoms with Crippen LogP contribution in [0.1, 0.15) is 69.4 Å². The number of hydrogen-bond donors (Lipinski definition) is 0. The number of carbonyl (C=O) groups excluding carboxylic acids is 3. The first-order valence-electron chi connectivity index (χ1n) is 12.1. The third kappa shape index (κ3) is 7.84. The Kier molecular flexibility index (Phi) is 9.28. The SMILES string of the molecule is COc1ccc(C(=O)CC(=O)c2ccc(C(C)(C)C)cc2)cc1.O=C(c1ccccc1)c1ccccc1. The average Bonchev–Trinajstić information content (AvgIpc) is 2.93. The lowest BCUT2D eigenvalue weighted by atomic mass is 9.86. The molecule has 4 aromatic rings. The third-order valence-corrected chi connectivity index (χ3v) is 5.88. The summed E-state index contributed by atoms with van der Waals surface area (Å²) in [6.45, 7) is 6.37. The van der Waals surface area contributed by atoms with Crippen LogP contribution in [0, 0.1) is 0 Å². The Labute approximate surface area is 218 Å². The number of methoxy groups -OCH3 is 1. The van der Waals surface area contributed by atoms with Gasteiger partial charge in [-0.25, -0.2) is 0 Å². The van der Waals surface area contributed by atoms with Crippen LogP contribution in [0.25, 0.3) is 0 Å². The van der Waals surface area contributed by atoms with Crippen LogP contribution in [0.3, 0.4) is 0 Å². The van der Waals surface area contributed by atoms with Gasteiger partial charge in [0, 0.05) is 22.3 Å². The Morgan fingerprint density at radius 1 is 0.568 bits per heavy atom. The molecular weight excluding hydrogens is 460 g/mol. The van der Waals surface area contributed by atoms with Crippen molar-refractivity contribution < 1.29 is 19.1 Å². The minimum Gasteiger partial charge on any atom is -0.497 e. The summed E-state index contributed by atoms with van der Waals surface area (Å²) in [5.74, 6) is 0.417. The van der Waals surface area contributed by atoms with Crippen LogP contribution < -0.4 is 4.74 Å². The largest absolute Gasteiger partial charge is 0.497 e. The molecule has 0 heterocycles. The standard InChI is InChI=1S/C20H22O3.C13H10O/c1-20(2,3)16-9-5-14(6-10-16)18(21)13-19(22)15-7-11-17(23-4)12-8-15;14-13(11-7-3-1-4-8-11)12-9-5-2-6-10-12/h5-12H,13H2,1-4H3;1-10H. The maximum Gasteiger partial charge on any atom is 0.193 e. The topological polar surface area (TPSA) is 60.4 Å². The van der Waals surface area contributed by atoms with Crippen molar-refractivity contribution in [3.63, 3.8) is 0 Å². The molecule has 188 valence electrons. The molecule has 4 aromatic carbocycles.